The lowest BCUT2D eigenvalue weighted by Gasteiger charge is -2.21. The summed E-state index contributed by atoms with van der Waals surface area (Å²) in [6.45, 7) is 1.85. The molecule has 1 saturated carbocycles. The van der Waals surface area contributed by atoms with Crippen LogP contribution in [-0.4, -0.2) is 66.7 Å². The van der Waals surface area contributed by atoms with Gasteiger partial charge in [0.05, 0.1) is 17.3 Å². The van der Waals surface area contributed by atoms with Gasteiger partial charge in [0.2, 0.25) is 11.7 Å². The third-order valence-electron chi connectivity index (χ3n) is 5.55. The Morgan fingerprint density at radius 2 is 1.91 bits per heavy atom. The molecule has 1 unspecified atom stereocenters. The number of rotatable bonds is 8. The Kier molecular flexibility index (Phi) is 7.57. The molecule has 3 atom stereocenters. The van der Waals surface area contributed by atoms with Gasteiger partial charge in [-0.05, 0) is 50.8 Å². The number of urea groups is 1. The summed E-state index contributed by atoms with van der Waals surface area (Å²) in [5, 5.41) is 10.9. The van der Waals surface area contributed by atoms with Gasteiger partial charge in [-0.25, -0.2) is 4.79 Å². The van der Waals surface area contributed by atoms with E-state index in [1.165, 1.54) is 23.1 Å². The maximum absolute atomic E-state index is 13.1. The van der Waals surface area contributed by atoms with E-state index in [0.717, 1.165) is 12.8 Å². The van der Waals surface area contributed by atoms with Crippen molar-refractivity contribution in [1.82, 2.24) is 20.9 Å². The van der Waals surface area contributed by atoms with E-state index in [1.807, 2.05) is 6.92 Å². The summed E-state index contributed by atoms with van der Waals surface area (Å²) < 4.78 is 0. The molecule has 5 amide bonds. The van der Waals surface area contributed by atoms with E-state index in [2.05, 4.69) is 21.3 Å². The van der Waals surface area contributed by atoms with E-state index in [1.54, 1.807) is 14.1 Å². The van der Waals surface area contributed by atoms with Crippen molar-refractivity contribution in [2.24, 2.45) is 5.92 Å². The molecule has 1 aromatic carbocycles. The molecule has 0 bridgehead atoms. The van der Waals surface area contributed by atoms with Crippen LogP contribution in [-0.2, 0) is 14.4 Å². The third-order valence-corrected chi connectivity index (χ3v) is 5.79. The number of Topliss-reactive ketones (excluding diaryl/α,β-unsaturated/α-hetero) is 1. The van der Waals surface area contributed by atoms with Gasteiger partial charge in [-0.3, -0.25) is 19.2 Å². The number of amides is 5. The summed E-state index contributed by atoms with van der Waals surface area (Å²) in [5.74, 6) is -3.05. The van der Waals surface area contributed by atoms with Gasteiger partial charge in [0.1, 0.15) is 0 Å². The van der Waals surface area contributed by atoms with Crippen LogP contribution in [0.2, 0.25) is 5.02 Å². The fourth-order valence-corrected chi connectivity index (χ4v) is 3.76. The zero-order chi connectivity index (χ0) is 24.3. The van der Waals surface area contributed by atoms with Crippen molar-refractivity contribution in [1.29, 1.82) is 0 Å². The van der Waals surface area contributed by atoms with E-state index in [4.69, 9.17) is 11.6 Å². The molecule has 1 saturated heterocycles. The van der Waals surface area contributed by atoms with Crippen molar-refractivity contribution in [3.8, 4) is 0 Å². The summed E-state index contributed by atoms with van der Waals surface area (Å²) >= 11 is 6.06. The lowest BCUT2D eigenvalue weighted by molar-refractivity contribution is -0.139. The molecule has 178 valence electrons. The number of halogens is 1. The molecule has 10 nitrogen and oxygen atoms in total. The lowest BCUT2D eigenvalue weighted by Crippen LogP contribution is -2.49. The van der Waals surface area contributed by atoms with E-state index in [-0.39, 0.29) is 40.7 Å². The minimum absolute atomic E-state index is 0.0151. The fraction of sp³-hybridized carbons (Fsp3) is 0.500. The molecule has 0 spiro atoms. The molecule has 1 aliphatic heterocycles. The average Bonchev–Trinajstić information content (AvgIpc) is 3.50. The van der Waals surface area contributed by atoms with Gasteiger partial charge in [0.15, 0.2) is 0 Å². The van der Waals surface area contributed by atoms with Crippen LogP contribution < -0.4 is 21.3 Å². The van der Waals surface area contributed by atoms with Crippen molar-refractivity contribution < 1.29 is 24.0 Å². The number of anilines is 1. The maximum Gasteiger partial charge on any atom is 0.321 e. The van der Waals surface area contributed by atoms with E-state index in [9.17, 15) is 24.0 Å². The monoisotopic (exact) mass is 477 g/mol. The second-order valence-electron chi connectivity index (χ2n) is 8.73. The predicted molar refractivity (Wildman–Crippen MR) is 122 cm³/mol. The molecule has 2 aliphatic rings. The van der Waals surface area contributed by atoms with Crippen LogP contribution >= 0.6 is 11.6 Å². The van der Waals surface area contributed by atoms with Crippen LogP contribution in [0.15, 0.2) is 18.2 Å². The third kappa shape index (κ3) is 6.44. The first kappa shape index (κ1) is 24.5. The second-order valence-corrected chi connectivity index (χ2v) is 9.17. The molecule has 1 heterocycles. The first-order valence-electron chi connectivity index (χ1n) is 10.8. The summed E-state index contributed by atoms with van der Waals surface area (Å²) in [6.07, 6.45) is 2.08. The number of nitrogens with zero attached hydrogens (tertiary/aromatic N) is 1. The van der Waals surface area contributed by atoms with Gasteiger partial charge in [-0.2, -0.15) is 0 Å². The SMILES string of the molecule is C[C@@H]1C[C@@H](CC(NC(=O)c2cc(Cl)ccc2NC(=O)N(C)C)C(=O)C(=O)NC2CC2)C(=O)N1. The first-order valence-corrected chi connectivity index (χ1v) is 11.2. The predicted octanol–water partition coefficient (Wildman–Crippen LogP) is 1.29. The second kappa shape index (κ2) is 10.2. The molecular formula is C22H28ClN5O5. The highest BCUT2D eigenvalue weighted by molar-refractivity contribution is 6.38. The van der Waals surface area contributed by atoms with Crippen LogP contribution in [0.3, 0.4) is 0 Å². The van der Waals surface area contributed by atoms with Gasteiger partial charge in [-0.1, -0.05) is 11.6 Å². The van der Waals surface area contributed by atoms with E-state index in [0.29, 0.717) is 6.42 Å². The van der Waals surface area contributed by atoms with Crippen LogP contribution in [0.1, 0.15) is 43.0 Å². The summed E-state index contributed by atoms with van der Waals surface area (Å²) in [6, 6.07) is 2.58. The quantitative estimate of drug-likeness (QED) is 0.418. The highest BCUT2D eigenvalue weighted by atomic mass is 35.5. The van der Waals surface area contributed by atoms with E-state index >= 15 is 0 Å². The Hall–Kier alpha value is -3.14. The standard InChI is InChI=1S/C22H28ClN5O5/c1-11-8-12(19(30)24-11)9-17(18(29)21(32)25-14-5-6-14)26-20(31)15-10-13(23)4-7-16(15)27-22(33)28(2)3/h4,7,10-12,14,17H,5-6,8-9H2,1-3H3,(H,24,30)(H,25,32)(H,26,31)(H,27,33)/t11-,12+,17?/m1/s1. The normalized spacial score (nSPS) is 20.4. The number of nitrogens with one attached hydrogen (secondary N) is 4. The summed E-state index contributed by atoms with van der Waals surface area (Å²) in [7, 11) is 3.09. The molecule has 2 fully saturated rings. The topological polar surface area (TPSA) is 137 Å². The summed E-state index contributed by atoms with van der Waals surface area (Å²) in [4.78, 5) is 64.1. The van der Waals surface area contributed by atoms with Crippen molar-refractivity contribution >= 4 is 46.8 Å². The Labute approximate surface area is 196 Å². The van der Waals surface area contributed by atoms with E-state index < -0.39 is 35.6 Å². The van der Waals surface area contributed by atoms with Crippen LogP contribution in [0.25, 0.3) is 0 Å². The highest BCUT2D eigenvalue weighted by Gasteiger charge is 2.37. The van der Waals surface area contributed by atoms with Crippen LogP contribution in [0, 0.1) is 5.92 Å². The van der Waals surface area contributed by atoms with Crippen molar-refractivity contribution in [3.05, 3.63) is 28.8 Å². The number of benzene rings is 1. The van der Waals surface area contributed by atoms with Gasteiger partial charge < -0.3 is 26.2 Å². The molecular weight excluding hydrogens is 450 g/mol. The zero-order valence-electron chi connectivity index (χ0n) is 18.7. The highest BCUT2D eigenvalue weighted by Crippen LogP contribution is 2.24. The smallest absolute Gasteiger partial charge is 0.321 e. The Morgan fingerprint density at radius 1 is 1.21 bits per heavy atom. The van der Waals surface area contributed by atoms with Crippen LogP contribution in [0.4, 0.5) is 10.5 Å². The minimum Gasteiger partial charge on any atom is -0.353 e. The fourth-order valence-electron chi connectivity index (χ4n) is 3.59. The van der Waals surface area contributed by atoms with Crippen molar-refractivity contribution in [3.63, 3.8) is 0 Å². The molecule has 3 rings (SSSR count). The van der Waals surface area contributed by atoms with Gasteiger partial charge in [-0.15, -0.1) is 0 Å². The number of carbonyl (C=O) groups excluding carboxylic acids is 5. The van der Waals surface area contributed by atoms with Crippen molar-refractivity contribution in [2.45, 2.75) is 50.7 Å². The Morgan fingerprint density at radius 3 is 2.48 bits per heavy atom. The Balaban J connectivity index is 1.82. The number of carbonyl (C=O) groups is 5. The zero-order valence-corrected chi connectivity index (χ0v) is 19.5. The first-order chi connectivity index (χ1) is 15.5. The van der Waals surface area contributed by atoms with Crippen LogP contribution in [0.5, 0.6) is 0 Å². The lowest BCUT2D eigenvalue weighted by atomic mass is 9.93. The molecule has 0 aromatic heterocycles. The number of ketones is 1. The van der Waals surface area contributed by atoms with Gasteiger partial charge in [0.25, 0.3) is 11.8 Å². The summed E-state index contributed by atoms with van der Waals surface area (Å²) in [5.41, 5.74) is 0.221. The maximum atomic E-state index is 13.1. The van der Waals surface area contributed by atoms with Gasteiger partial charge in [0, 0.05) is 37.1 Å². The van der Waals surface area contributed by atoms with Crippen molar-refractivity contribution in [2.75, 3.05) is 19.4 Å². The molecule has 4 N–H and O–H groups in total. The molecule has 1 aliphatic carbocycles. The molecule has 11 heteroatoms. The number of hydrogen-bond acceptors (Lipinski definition) is 5. The minimum atomic E-state index is -1.21. The molecule has 1 aromatic rings. The number of hydrogen-bond donors (Lipinski definition) is 4. The largest absolute Gasteiger partial charge is 0.353 e. The molecule has 33 heavy (non-hydrogen) atoms. The Bertz CT molecular complexity index is 978. The average molecular weight is 478 g/mol. The van der Waals surface area contributed by atoms with Gasteiger partial charge >= 0.3 is 6.03 Å². The molecule has 0 radical (unpaired) electrons.